The molecule has 0 radical (unpaired) electrons. The molecule has 0 aliphatic carbocycles. The third-order valence-corrected chi connectivity index (χ3v) is 3.58. The van der Waals surface area contributed by atoms with E-state index in [1.807, 2.05) is 30.3 Å². The number of β-amino-alcohol motifs (C(OH)–C–C–N with tert-alkyl or cyclic N) is 1. The second-order valence-electron chi connectivity index (χ2n) is 5.01. The molecule has 0 saturated carbocycles. The van der Waals surface area contributed by atoms with E-state index in [0.717, 1.165) is 24.9 Å². The normalized spacial score (nSPS) is 23.2. The van der Waals surface area contributed by atoms with E-state index in [-0.39, 0.29) is 18.0 Å². The molecular weight excluding hydrogens is 242 g/mol. The first kappa shape index (κ1) is 13.8. The van der Waals surface area contributed by atoms with Crippen molar-refractivity contribution in [3.63, 3.8) is 0 Å². The van der Waals surface area contributed by atoms with Gasteiger partial charge in [-0.05, 0) is 24.9 Å². The van der Waals surface area contributed by atoms with Crippen molar-refractivity contribution in [2.45, 2.75) is 31.4 Å². The minimum Gasteiger partial charge on any atom is -0.409 e. The van der Waals surface area contributed by atoms with Gasteiger partial charge in [0.05, 0.1) is 6.10 Å². The van der Waals surface area contributed by atoms with E-state index in [0.29, 0.717) is 13.0 Å². The molecule has 5 nitrogen and oxygen atoms in total. The highest BCUT2D eigenvalue weighted by Crippen LogP contribution is 2.27. The number of nitrogens with zero attached hydrogens (tertiary/aromatic N) is 2. The van der Waals surface area contributed by atoms with Crippen LogP contribution < -0.4 is 5.73 Å². The number of rotatable bonds is 4. The fraction of sp³-hybridized carbons (Fsp3) is 0.500. The van der Waals surface area contributed by atoms with E-state index < -0.39 is 0 Å². The van der Waals surface area contributed by atoms with Gasteiger partial charge in [-0.15, -0.1) is 0 Å². The number of hydrogen-bond donors (Lipinski definition) is 3. The van der Waals surface area contributed by atoms with E-state index in [2.05, 4.69) is 10.1 Å². The number of piperidine rings is 1. The Bertz CT molecular complexity index is 422. The van der Waals surface area contributed by atoms with E-state index in [4.69, 9.17) is 10.9 Å². The number of oxime groups is 1. The molecule has 19 heavy (non-hydrogen) atoms. The van der Waals surface area contributed by atoms with Crippen molar-refractivity contribution in [2.24, 2.45) is 10.9 Å². The van der Waals surface area contributed by atoms with Gasteiger partial charge in [0.1, 0.15) is 5.84 Å². The van der Waals surface area contributed by atoms with Gasteiger partial charge in [-0.3, -0.25) is 4.90 Å². The average molecular weight is 263 g/mol. The van der Waals surface area contributed by atoms with Crippen molar-refractivity contribution in [3.05, 3.63) is 35.9 Å². The van der Waals surface area contributed by atoms with Crippen molar-refractivity contribution in [1.29, 1.82) is 0 Å². The van der Waals surface area contributed by atoms with Crippen LogP contribution in [0.15, 0.2) is 35.5 Å². The zero-order valence-electron chi connectivity index (χ0n) is 10.9. The third-order valence-electron chi connectivity index (χ3n) is 3.58. The predicted molar refractivity (Wildman–Crippen MR) is 74.0 cm³/mol. The number of amidine groups is 1. The van der Waals surface area contributed by atoms with Crippen LogP contribution in [0.3, 0.4) is 0 Å². The van der Waals surface area contributed by atoms with Gasteiger partial charge in [0.2, 0.25) is 0 Å². The number of benzene rings is 1. The molecule has 1 aromatic carbocycles. The van der Waals surface area contributed by atoms with Gasteiger partial charge < -0.3 is 16.0 Å². The lowest BCUT2D eigenvalue weighted by Gasteiger charge is -2.36. The first-order valence-corrected chi connectivity index (χ1v) is 6.64. The van der Waals surface area contributed by atoms with Crippen LogP contribution in [0.2, 0.25) is 0 Å². The van der Waals surface area contributed by atoms with Crippen LogP contribution in [0.4, 0.5) is 0 Å². The zero-order chi connectivity index (χ0) is 13.7. The van der Waals surface area contributed by atoms with Crippen molar-refractivity contribution in [3.8, 4) is 0 Å². The maximum atomic E-state index is 9.81. The highest BCUT2D eigenvalue weighted by Gasteiger charge is 2.26. The fourth-order valence-electron chi connectivity index (χ4n) is 2.64. The Morgan fingerprint density at radius 1 is 1.42 bits per heavy atom. The Morgan fingerprint density at radius 3 is 2.79 bits per heavy atom. The molecular formula is C14H21N3O2. The first-order valence-electron chi connectivity index (χ1n) is 6.64. The Labute approximate surface area is 113 Å². The van der Waals surface area contributed by atoms with E-state index in [1.165, 1.54) is 0 Å². The molecule has 2 unspecified atom stereocenters. The van der Waals surface area contributed by atoms with Crippen LogP contribution in [0.25, 0.3) is 0 Å². The molecule has 0 bridgehead atoms. The Kier molecular flexibility index (Phi) is 4.76. The molecule has 0 amide bonds. The third kappa shape index (κ3) is 3.68. The summed E-state index contributed by atoms with van der Waals surface area (Å²) in [6.07, 6.45) is 2.00. The maximum Gasteiger partial charge on any atom is 0.141 e. The molecule has 1 heterocycles. The monoisotopic (exact) mass is 263 g/mol. The highest BCUT2D eigenvalue weighted by atomic mass is 16.4. The number of nitrogens with two attached hydrogens (primary N) is 1. The van der Waals surface area contributed by atoms with Crippen LogP contribution in [0, 0.1) is 0 Å². The lowest BCUT2D eigenvalue weighted by molar-refractivity contribution is 0.0473. The second-order valence-corrected chi connectivity index (χ2v) is 5.01. The van der Waals surface area contributed by atoms with Gasteiger partial charge in [0.25, 0.3) is 0 Å². The minimum absolute atomic E-state index is 0.0482. The fourth-order valence-corrected chi connectivity index (χ4v) is 2.64. The molecule has 1 aromatic rings. The molecule has 1 aliphatic rings. The minimum atomic E-state index is -0.285. The number of hydrogen-bond acceptors (Lipinski definition) is 4. The molecule has 4 N–H and O–H groups in total. The number of aliphatic hydroxyl groups is 1. The zero-order valence-corrected chi connectivity index (χ0v) is 10.9. The summed E-state index contributed by atoms with van der Waals surface area (Å²) in [5.41, 5.74) is 6.79. The number of aliphatic hydroxyl groups excluding tert-OH is 1. The molecule has 2 rings (SSSR count). The van der Waals surface area contributed by atoms with Crippen LogP contribution in [-0.4, -0.2) is 40.2 Å². The quantitative estimate of drug-likeness (QED) is 0.331. The summed E-state index contributed by atoms with van der Waals surface area (Å²) < 4.78 is 0. The van der Waals surface area contributed by atoms with Crippen molar-refractivity contribution in [2.75, 3.05) is 13.1 Å². The van der Waals surface area contributed by atoms with E-state index in [1.54, 1.807) is 0 Å². The summed E-state index contributed by atoms with van der Waals surface area (Å²) in [6.45, 7) is 1.56. The van der Waals surface area contributed by atoms with Crippen LogP contribution in [0.5, 0.6) is 0 Å². The molecule has 0 aromatic heterocycles. The average Bonchev–Trinajstić information content (AvgIpc) is 2.45. The standard InChI is InChI=1S/C14H21N3O2/c15-14(16-19)9-13(11-5-2-1-3-6-11)17-8-4-7-12(18)10-17/h1-3,5-6,12-13,18-19H,4,7-10H2,(H2,15,16). The predicted octanol–water partition coefficient (Wildman–Crippen LogP) is 1.32. The van der Waals surface area contributed by atoms with Gasteiger partial charge in [-0.2, -0.15) is 0 Å². The second kappa shape index (κ2) is 6.54. The lowest BCUT2D eigenvalue weighted by Crippen LogP contribution is -2.41. The maximum absolute atomic E-state index is 9.81. The Balaban J connectivity index is 2.18. The molecule has 104 valence electrons. The van der Waals surface area contributed by atoms with Gasteiger partial charge in [-0.25, -0.2) is 0 Å². The van der Waals surface area contributed by atoms with Gasteiger partial charge in [0.15, 0.2) is 0 Å². The van der Waals surface area contributed by atoms with Crippen molar-refractivity contribution < 1.29 is 10.3 Å². The van der Waals surface area contributed by atoms with Crippen LogP contribution in [0.1, 0.15) is 30.9 Å². The SMILES string of the molecule is NC(CC(c1ccccc1)N1CCCC(O)C1)=NO. The lowest BCUT2D eigenvalue weighted by atomic mass is 9.98. The molecule has 2 atom stereocenters. The molecule has 1 saturated heterocycles. The van der Waals surface area contributed by atoms with Gasteiger partial charge in [0, 0.05) is 19.0 Å². The summed E-state index contributed by atoms with van der Waals surface area (Å²) in [5, 5.41) is 21.7. The van der Waals surface area contributed by atoms with Crippen LogP contribution in [-0.2, 0) is 0 Å². The Morgan fingerprint density at radius 2 is 2.16 bits per heavy atom. The largest absolute Gasteiger partial charge is 0.409 e. The summed E-state index contributed by atoms with van der Waals surface area (Å²) in [6, 6.07) is 10.1. The molecule has 0 spiro atoms. The highest BCUT2D eigenvalue weighted by molar-refractivity contribution is 5.80. The molecule has 1 fully saturated rings. The first-order chi connectivity index (χ1) is 9.20. The number of likely N-dealkylation sites (tertiary alicyclic amines) is 1. The topological polar surface area (TPSA) is 82.1 Å². The summed E-state index contributed by atoms with van der Waals surface area (Å²) in [5.74, 6) is 0.217. The van der Waals surface area contributed by atoms with E-state index >= 15 is 0 Å². The summed E-state index contributed by atoms with van der Waals surface area (Å²) in [4.78, 5) is 2.21. The van der Waals surface area contributed by atoms with Crippen molar-refractivity contribution in [1.82, 2.24) is 4.90 Å². The molecule has 5 heteroatoms. The van der Waals surface area contributed by atoms with E-state index in [9.17, 15) is 5.11 Å². The Hall–Kier alpha value is -1.59. The van der Waals surface area contributed by atoms with Gasteiger partial charge >= 0.3 is 0 Å². The van der Waals surface area contributed by atoms with Gasteiger partial charge in [-0.1, -0.05) is 35.5 Å². The van der Waals surface area contributed by atoms with Crippen LogP contribution >= 0.6 is 0 Å². The summed E-state index contributed by atoms with van der Waals surface area (Å²) >= 11 is 0. The summed E-state index contributed by atoms with van der Waals surface area (Å²) in [7, 11) is 0. The molecule has 1 aliphatic heterocycles. The smallest absolute Gasteiger partial charge is 0.141 e. The van der Waals surface area contributed by atoms with Crippen molar-refractivity contribution >= 4 is 5.84 Å².